The van der Waals surface area contributed by atoms with Crippen molar-refractivity contribution in [1.29, 1.82) is 5.26 Å². The van der Waals surface area contributed by atoms with E-state index in [0.29, 0.717) is 27.2 Å². The number of carbonyl (C=O) groups excluding carboxylic acids is 1. The number of benzene rings is 2. The molecule has 1 N–H and O–H groups in total. The van der Waals surface area contributed by atoms with E-state index in [2.05, 4.69) is 40.0 Å². The third-order valence-electron chi connectivity index (χ3n) is 4.42. The Morgan fingerprint density at radius 2 is 1.72 bits per heavy atom. The molecule has 152 valence electrons. The van der Waals surface area contributed by atoms with Crippen molar-refractivity contribution in [1.82, 2.24) is 0 Å². The van der Waals surface area contributed by atoms with Crippen LogP contribution >= 0.6 is 15.9 Å². The van der Waals surface area contributed by atoms with Gasteiger partial charge in [-0.15, -0.1) is 0 Å². The Bertz CT molecular complexity index is 930. The first-order valence-corrected chi connectivity index (χ1v) is 9.96. The van der Waals surface area contributed by atoms with Crippen molar-refractivity contribution in [2.24, 2.45) is 0 Å². The smallest absolute Gasteiger partial charge is 0.266 e. The molecule has 0 atom stereocenters. The van der Waals surface area contributed by atoms with Gasteiger partial charge in [-0.05, 0) is 61.9 Å². The average molecular weight is 458 g/mol. The van der Waals surface area contributed by atoms with E-state index in [4.69, 9.17) is 9.47 Å². The molecule has 0 aliphatic rings. The molecule has 0 radical (unpaired) electrons. The lowest BCUT2D eigenvalue weighted by atomic mass is 10.1. The number of nitriles is 1. The zero-order valence-electron chi connectivity index (χ0n) is 17.0. The Balaban J connectivity index is 2.24. The molecule has 0 saturated heterocycles. The highest BCUT2D eigenvalue weighted by Crippen LogP contribution is 2.34. The molecule has 0 saturated carbocycles. The third-order valence-corrected chi connectivity index (χ3v) is 5.11. The quantitative estimate of drug-likeness (QED) is 0.452. The monoisotopic (exact) mass is 457 g/mol. The van der Waals surface area contributed by atoms with E-state index in [9.17, 15) is 10.1 Å². The Labute approximate surface area is 179 Å². The fraction of sp³-hybridized carbons (Fsp3) is 0.273. The van der Waals surface area contributed by atoms with Crippen molar-refractivity contribution in [3.8, 4) is 17.6 Å². The van der Waals surface area contributed by atoms with Crippen LogP contribution < -0.4 is 19.7 Å². The standard InChI is InChI=1S/C22H24BrN3O3/c1-5-26(6-2)18-9-7-17(8-10-18)25-22(27)16(14-24)11-15-12-20(28-3)21(29-4)13-19(15)23/h7-13H,5-6H2,1-4H3,(H,25,27)/b16-11-. The number of nitrogens with one attached hydrogen (secondary N) is 1. The molecule has 1 amide bonds. The summed E-state index contributed by atoms with van der Waals surface area (Å²) in [7, 11) is 3.07. The van der Waals surface area contributed by atoms with Crippen LogP contribution in [0.3, 0.4) is 0 Å². The zero-order valence-corrected chi connectivity index (χ0v) is 18.5. The Morgan fingerprint density at radius 1 is 1.14 bits per heavy atom. The SMILES string of the molecule is CCN(CC)c1ccc(NC(=O)/C(C#N)=C\c2cc(OC)c(OC)cc2Br)cc1. The first kappa shape index (κ1) is 22.3. The lowest BCUT2D eigenvalue weighted by molar-refractivity contribution is -0.112. The van der Waals surface area contributed by atoms with Gasteiger partial charge >= 0.3 is 0 Å². The summed E-state index contributed by atoms with van der Waals surface area (Å²) in [5.74, 6) is 0.573. The van der Waals surface area contributed by atoms with E-state index in [-0.39, 0.29) is 5.57 Å². The van der Waals surface area contributed by atoms with Gasteiger partial charge < -0.3 is 19.7 Å². The number of hydrogen-bond donors (Lipinski definition) is 1. The molecule has 2 aromatic rings. The third kappa shape index (κ3) is 5.52. The maximum atomic E-state index is 12.6. The molecule has 7 heteroatoms. The number of ether oxygens (including phenoxy) is 2. The first-order valence-electron chi connectivity index (χ1n) is 9.17. The van der Waals surface area contributed by atoms with Gasteiger partial charge in [0.25, 0.3) is 5.91 Å². The van der Waals surface area contributed by atoms with Gasteiger partial charge in [0.1, 0.15) is 11.6 Å². The van der Waals surface area contributed by atoms with E-state index in [0.717, 1.165) is 18.8 Å². The van der Waals surface area contributed by atoms with E-state index in [1.807, 2.05) is 30.3 Å². The van der Waals surface area contributed by atoms with Gasteiger partial charge in [0, 0.05) is 28.9 Å². The minimum absolute atomic E-state index is 0.0225. The summed E-state index contributed by atoms with van der Waals surface area (Å²) < 4.78 is 11.2. The van der Waals surface area contributed by atoms with Crippen LogP contribution in [0.5, 0.6) is 11.5 Å². The van der Waals surface area contributed by atoms with Gasteiger partial charge in [0.05, 0.1) is 14.2 Å². The van der Waals surface area contributed by atoms with E-state index < -0.39 is 5.91 Å². The van der Waals surface area contributed by atoms with Crippen LogP contribution in [0.15, 0.2) is 46.4 Å². The molecule has 0 heterocycles. The number of carbonyl (C=O) groups is 1. The predicted octanol–water partition coefficient (Wildman–Crippen LogP) is 4.86. The molecular weight excluding hydrogens is 434 g/mol. The number of rotatable bonds is 8. The van der Waals surface area contributed by atoms with Crippen LogP contribution in [0.25, 0.3) is 6.08 Å². The van der Waals surface area contributed by atoms with Crippen LogP contribution in [0.1, 0.15) is 19.4 Å². The second-order valence-electron chi connectivity index (χ2n) is 6.07. The topological polar surface area (TPSA) is 74.6 Å². The van der Waals surface area contributed by atoms with Crippen molar-refractivity contribution in [2.45, 2.75) is 13.8 Å². The second kappa shape index (κ2) is 10.5. The van der Waals surface area contributed by atoms with Gasteiger partial charge in [-0.3, -0.25) is 4.79 Å². The molecule has 0 aliphatic carbocycles. The number of hydrogen-bond acceptors (Lipinski definition) is 5. The van der Waals surface area contributed by atoms with Crippen LogP contribution in [-0.2, 0) is 4.79 Å². The molecule has 0 aromatic heterocycles. The van der Waals surface area contributed by atoms with Crippen LogP contribution in [0.4, 0.5) is 11.4 Å². The molecule has 0 fully saturated rings. The van der Waals surface area contributed by atoms with Crippen molar-refractivity contribution in [3.05, 3.63) is 52.0 Å². The van der Waals surface area contributed by atoms with Gasteiger partial charge in [-0.25, -0.2) is 0 Å². The molecule has 2 rings (SSSR count). The summed E-state index contributed by atoms with van der Waals surface area (Å²) in [5.41, 5.74) is 2.31. The van der Waals surface area contributed by atoms with E-state index in [1.165, 1.54) is 13.2 Å². The highest BCUT2D eigenvalue weighted by molar-refractivity contribution is 9.10. The molecule has 0 aliphatic heterocycles. The summed E-state index contributed by atoms with van der Waals surface area (Å²) >= 11 is 3.43. The molecular formula is C22H24BrN3O3. The fourth-order valence-electron chi connectivity index (χ4n) is 2.83. The summed E-state index contributed by atoms with van der Waals surface area (Å²) in [4.78, 5) is 14.8. The van der Waals surface area contributed by atoms with Crippen molar-refractivity contribution < 1.29 is 14.3 Å². The van der Waals surface area contributed by atoms with Crippen molar-refractivity contribution >= 4 is 39.3 Å². The van der Waals surface area contributed by atoms with Gasteiger partial charge in [-0.2, -0.15) is 5.26 Å². The summed E-state index contributed by atoms with van der Waals surface area (Å²) in [6.07, 6.45) is 1.51. The average Bonchev–Trinajstić information content (AvgIpc) is 2.74. The largest absolute Gasteiger partial charge is 0.493 e. The number of methoxy groups -OCH3 is 2. The molecule has 0 spiro atoms. The summed E-state index contributed by atoms with van der Waals surface area (Å²) in [6, 6.07) is 12.9. The Morgan fingerprint density at radius 3 is 2.24 bits per heavy atom. The van der Waals surface area contributed by atoms with Gasteiger partial charge in [0.2, 0.25) is 0 Å². The molecule has 0 unspecified atom stereocenters. The first-order chi connectivity index (χ1) is 14.0. The maximum absolute atomic E-state index is 12.6. The fourth-order valence-corrected chi connectivity index (χ4v) is 3.26. The summed E-state index contributed by atoms with van der Waals surface area (Å²) in [5, 5.41) is 12.2. The number of anilines is 2. The van der Waals surface area contributed by atoms with Crippen LogP contribution in [-0.4, -0.2) is 33.2 Å². The molecule has 29 heavy (non-hydrogen) atoms. The van der Waals surface area contributed by atoms with Gasteiger partial charge in [0.15, 0.2) is 11.5 Å². The number of nitrogens with zero attached hydrogens (tertiary/aromatic N) is 2. The minimum atomic E-state index is -0.482. The maximum Gasteiger partial charge on any atom is 0.266 e. The van der Waals surface area contributed by atoms with Crippen LogP contribution in [0, 0.1) is 11.3 Å². The lowest BCUT2D eigenvalue weighted by Gasteiger charge is -2.21. The van der Waals surface area contributed by atoms with E-state index >= 15 is 0 Å². The Hall–Kier alpha value is -2.98. The van der Waals surface area contributed by atoms with Crippen molar-refractivity contribution in [2.75, 3.05) is 37.5 Å². The molecule has 2 aromatic carbocycles. The molecule has 6 nitrogen and oxygen atoms in total. The highest BCUT2D eigenvalue weighted by atomic mass is 79.9. The number of amides is 1. The normalized spacial score (nSPS) is 10.8. The second-order valence-corrected chi connectivity index (χ2v) is 6.93. The lowest BCUT2D eigenvalue weighted by Crippen LogP contribution is -2.21. The predicted molar refractivity (Wildman–Crippen MR) is 119 cm³/mol. The van der Waals surface area contributed by atoms with Crippen molar-refractivity contribution in [3.63, 3.8) is 0 Å². The highest BCUT2D eigenvalue weighted by Gasteiger charge is 2.13. The van der Waals surface area contributed by atoms with Crippen LogP contribution in [0.2, 0.25) is 0 Å². The minimum Gasteiger partial charge on any atom is -0.493 e. The summed E-state index contributed by atoms with van der Waals surface area (Å²) in [6.45, 7) is 6.00. The molecule has 0 bridgehead atoms. The Kier molecular flexibility index (Phi) is 8.10. The van der Waals surface area contributed by atoms with Gasteiger partial charge in [-0.1, -0.05) is 15.9 Å². The van der Waals surface area contributed by atoms with E-state index in [1.54, 1.807) is 19.2 Å². The zero-order chi connectivity index (χ0) is 21.4. The number of halogens is 1.